The first-order valence-electron chi connectivity index (χ1n) is 10.1. The first-order chi connectivity index (χ1) is 15.0. The van der Waals surface area contributed by atoms with E-state index in [0.29, 0.717) is 60.1 Å². The molecular formula is C21H22N6O3S. The first-order valence-corrected chi connectivity index (χ1v) is 10.5. The third-order valence-corrected chi connectivity index (χ3v) is 6.28. The lowest BCUT2D eigenvalue weighted by atomic mass is 10.2. The van der Waals surface area contributed by atoms with Gasteiger partial charge in [0.05, 0.1) is 29.4 Å². The molecule has 0 unspecified atom stereocenters. The fourth-order valence-electron chi connectivity index (χ4n) is 4.10. The standard InChI is InChI=1S/C21H22N6O3S/c1-14-15(7-12-30-14)19(29)25-10-8-24(9-11-25)13-26-21(31)27-17-6-4-3-5-16(17)18(28)23(2)20(27)22-26/h3-7,12H,8-11,13H2,1-2H3. The summed E-state index contributed by atoms with van der Waals surface area (Å²) in [6.45, 7) is 4.94. The van der Waals surface area contributed by atoms with Crippen molar-refractivity contribution in [2.75, 3.05) is 26.2 Å². The molecule has 4 heterocycles. The summed E-state index contributed by atoms with van der Waals surface area (Å²) in [7, 11) is 1.71. The maximum Gasteiger partial charge on any atom is 0.262 e. The van der Waals surface area contributed by atoms with E-state index in [9.17, 15) is 9.59 Å². The number of hydrogen-bond acceptors (Lipinski definition) is 6. The zero-order chi connectivity index (χ0) is 21.7. The zero-order valence-electron chi connectivity index (χ0n) is 17.3. The van der Waals surface area contributed by atoms with Gasteiger partial charge in [-0.3, -0.25) is 23.5 Å². The van der Waals surface area contributed by atoms with E-state index in [4.69, 9.17) is 16.6 Å². The molecule has 1 fully saturated rings. The monoisotopic (exact) mass is 438 g/mol. The number of hydrogen-bond donors (Lipinski definition) is 0. The smallest absolute Gasteiger partial charge is 0.262 e. The van der Waals surface area contributed by atoms with Gasteiger partial charge in [-0.2, -0.15) is 0 Å². The first kappa shape index (κ1) is 19.7. The van der Waals surface area contributed by atoms with Crippen LogP contribution in [0.5, 0.6) is 0 Å². The molecule has 0 aliphatic carbocycles. The summed E-state index contributed by atoms with van der Waals surface area (Å²) >= 11 is 5.71. The maximum absolute atomic E-state index is 12.7. The van der Waals surface area contributed by atoms with Gasteiger partial charge in [0, 0.05) is 33.2 Å². The van der Waals surface area contributed by atoms with E-state index in [2.05, 4.69) is 10.00 Å². The zero-order valence-corrected chi connectivity index (χ0v) is 18.1. The van der Waals surface area contributed by atoms with Gasteiger partial charge < -0.3 is 9.32 Å². The summed E-state index contributed by atoms with van der Waals surface area (Å²) in [5, 5.41) is 5.23. The molecule has 3 aromatic heterocycles. The van der Waals surface area contributed by atoms with E-state index >= 15 is 0 Å². The highest BCUT2D eigenvalue weighted by molar-refractivity contribution is 7.71. The highest BCUT2D eigenvalue weighted by Gasteiger charge is 2.25. The second-order valence-corrected chi connectivity index (χ2v) is 8.11. The predicted octanol–water partition coefficient (Wildman–Crippen LogP) is 2.03. The van der Waals surface area contributed by atoms with E-state index in [1.807, 2.05) is 27.5 Å². The molecule has 160 valence electrons. The fourth-order valence-corrected chi connectivity index (χ4v) is 4.37. The lowest BCUT2D eigenvalue weighted by molar-refractivity contribution is 0.0584. The highest BCUT2D eigenvalue weighted by Crippen LogP contribution is 2.16. The minimum absolute atomic E-state index is 0.00305. The third-order valence-electron chi connectivity index (χ3n) is 5.88. The Morgan fingerprint density at radius 2 is 1.90 bits per heavy atom. The maximum atomic E-state index is 12.7. The molecule has 31 heavy (non-hydrogen) atoms. The molecule has 0 radical (unpaired) electrons. The molecule has 0 saturated carbocycles. The Hall–Kier alpha value is -3.24. The molecule has 4 aromatic rings. The molecule has 5 rings (SSSR count). The number of benzene rings is 1. The van der Waals surface area contributed by atoms with Gasteiger partial charge in [-0.25, -0.2) is 4.68 Å². The van der Waals surface area contributed by atoms with Gasteiger partial charge in [0.2, 0.25) is 10.5 Å². The van der Waals surface area contributed by atoms with Crippen molar-refractivity contribution in [3.63, 3.8) is 0 Å². The number of para-hydroxylation sites is 1. The number of nitrogens with zero attached hydrogens (tertiary/aromatic N) is 6. The van der Waals surface area contributed by atoms with Gasteiger partial charge in [0.1, 0.15) is 5.76 Å². The second kappa shape index (κ2) is 7.47. The van der Waals surface area contributed by atoms with Crippen molar-refractivity contribution < 1.29 is 9.21 Å². The van der Waals surface area contributed by atoms with Crippen molar-refractivity contribution in [2.24, 2.45) is 7.05 Å². The van der Waals surface area contributed by atoms with Gasteiger partial charge in [-0.1, -0.05) is 12.1 Å². The van der Waals surface area contributed by atoms with Crippen LogP contribution in [0.3, 0.4) is 0 Å². The van der Waals surface area contributed by atoms with E-state index in [0.717, 1.165) is 5.52 Å². The molecule has 0 atom stereocenters. The molecule has 9 nitrogen and oxygen atoms in total. The van der Waals surface area contributed by atoms with Crippen molar-refractivity contribution >= 4 is 34.8 Å². The van der Waals surface area contributed by atoms with Crippen molar-refractivity contribution in [3.05, 3.63) is 63.0 Å². The Morgan fingerprint density at radius 1 is 1.16 bits per heavy atom. The van der Waals surface area contributed by atoms with Gasteiger partial charge in [0.15, 0.2) is 0 Å². The highest BCUT2D eigenvalue weighted by atomic mass is 32.1. The Labute approximate surface area is 182 Å². The Balaban J connectivity index is 1.39. The number of rotatable bonds is 3. The van der Waals surface area contributed by atoms with Crippen LogP contribution in [0.1, 0.15) is 16.1 Å². The summed E-state index contributed by atoms with van der Waals surface area (Å²) in [5.74, 6) is 1.15. The van der Waals surface area contributed by atoms with Crippen LogP contribution in [-0.4, -0.2) is 60.6 Å². The Morgan fingerprint density at radius 3 is 2.61 bits per heavy atom. The van der Waals surface area contributed by atoms with E-state index in [-0.39, 0.29) is 11.5 Å². The minimum atomic E-state index is -0.100. The lowest BCUT2D eigenvalue weighted by Crippen LogP contribution is -2.49. The van der Waals surface area contributed by atoms with E-state index in [1.54, 1.807) is 37.0 Å². The normalized spacial score (nSPS) is 15.2. The van der Waals surface area contributed by atoms with Crippen molar-refractivity contribution in [1.29, 1.82) is 0 Å². The van der Waals surface area contributed by atoms with Gasteiger partial charge in [0.25, 0.3) is 11.5 Å². The van der Waals surface area contributed by atoms with Crippen molar-refractivity contribution in [2.45, 2.75) is 13.6 Å². The molecule has 1 saturated heterocycles. The second-order valence-electron chi connectivity index (χ2n) is 7.74. The van der Waals surface area contributed by atoms with Crippen molar-refractivity contribution in [3.8, 4) is 0 Å². The van der Waals surface area contributed by atoms with Crippen LogP contribution in [0.2, 0.25) is 0 Å². The number of carbonyl (C=O) groups excluding carboxylic acids is 1. The number of carbonyl (C=O) groups is 1. The molecule has 0 N–H and O–H groups in total. The SMILES string of the molecule is Cc1occc1C(=O)N1CCN(Cn2nc3n(C)c(=O)c4ccccc4n3c2=S)CC1. The molecule has 10 heteroatoms. The van der Waals surface area contributed by atoms with E-state index in [1.165, 1.54) is 4.57 Å². The number of aryl methyl sites for hydroxylation is 2. The van der Waals surface area contributed by atoms with Crippen LogP contribution in [0.15, 0.2) is 45.8 Å². The van der Waals surface area contributed by atoms with Crippen molar-refractivity contribution in [1.82, 2.24) is 28.5 Å². The average molecular weight is 439 g/mol. The molecule has 1 aliphatic heterocycles. The molecule has 1 aromatic carbocycles. The van der Waals surface area contributed by atoms with Gasteiger partial charge in [-0.15, -0.1) is 5.10 Å². The number of aromatic nitrogens is 4. The number of furan rings is 1. The molecule has 1 aliphatic rings. The van der Waals surface area contributed by atoms with Crippen LogP contribution in [0.25, 0.3) is 16.7 Å². The largest absolute Gasteiger partial charge is 0.469 e. The number of fused-ring (bicyclic) bond motifs is 3. The van der Waals surface area contributed by atoms with E-state index < -0.39 is 0 Å². The topological polar surface area (TPSA) is 80.9 Å². The quantitative estimate of drug-likeness (QED) is 0.456. The predicted molar refractivity (Wildman–Crippen MR) is 118 cm³/mol. The molecule has 0 bridgehead atoms. The lowest BCUT2D eigenvalue weighted by Gasteiger charge is -2.34. The van der Waals surface area contributed by atoms with Crippen LogP contribution >= 0.6 is 12.2 Å². The summed E-state index contributed by atoms with van der Waals surface area (Å²) in [6, 6.07) is 9.13. The summed E-state index contributed by atoms with van der Waals surface area (Å²) in [6.07, 6.45) is 1.54. The molecule has 0 spiro atoms. The molecular weight excluding hydrogens is 416 g/mol. The van der Waals surface area contributed by atoms with Gasteiger partial charge in [-0.05, 0) is 37.3 Å². The third kappa shape index (κ3) is 3.19. The van der Waals surface area contributed by atoms with Crippen LogP contribution in [0.4, 0.5) is 0 Å². The number of amides is 1. The summed E-state index contributed by atoms with van der Waals surface area (Å²) in [5.41, 5.74) is 1.27. The Kier molecular flexibility index (Phi) is 4.75. The van der Waals surface area contributed by atoms with Crippen LogP contribution < -0.4 is 5.56 Å². The van der Waals surface area contributed by atoms with Gasteiger partial charge >= 0.3 is 0 Å². The minimum Gasteiger partial charge on any atom is -0.469 e. The fraction of sp³-hybridized carbons (Fsp3) is 0.333. The molecule has 1 amide bonds. The summed E-state index contributed by atoms with van der Waals surface area (Å²) in [4.78, 5) is 29.4. The van der Waals surface area contributed by atoms with Crippen LogP contribution in [0, 0.1) is 11.7 Å². The van der Waals surface area contributed by atoms with Crippen LogP contribution in [-0.2, 0) is 13.7 Å². The Bertz CT molecular complexity index is 1420. The average Bonchev–Trinajstić information content (AvgIpc) is 3.35. The summed E-state index contributed by atoms with van der Waals surface area (Å²) < 4.78 is 10.9. The number of piperazine rings is 1.